The standard InChI is InChI=1S/C19H28FN5/c1-4-9-25-14(3)18(13(2)24-25)12-21-10-16-11-22-23-19(16)15-5-7-17(20)8-6-15/h5-8,16,19,21-23H,4,9-12H2,1-3H3. The number of hydrazine groups is 1. The molecule has 6 heteroatoms. The molecule has 1 aliphatic heterocycles. The van der Waals surface area contributed by atoms with E-state index in [9.17, 15) is 4.39 Å². The van der Waals surface area contributed by atoms with Gasteiger partial charge in [0.05, 0.1) is 11.7 Å². The maximum Gasteiger partial charge on any atom is 0.123 e. The molecule has 2 aromatic rings. The van der Waals surface area contributed by atoms with Gasteiger partial charge in [-0.3, -0.25) is 10.1 Å². The van der Waals surface area contributed by atoms with Crippen LogP contribution in [0.25, 0.3) is 0 Å². The van der Waals surface area contributed by atoms with Gasteiger partial charge in [-0.2, -0.15) is 5.10 Å². The van der Waals surface area contributed by atoms with E-state index in [1.54, 1.807) is 0 Å². The summed E-state index contributed by atoms with van der Waals surface area (Å²) >= 11 is 0. The van der Waals surface area contributed by atoms with Crippen LogP contribution in [0.15, 0.2) is 24.3 Å². The van der Waals surface area contributed by atoms with E-state index in [1.165, 1.54) is 23.4 Å². The Hall–Kier alpha value is -1.76. The van der Waals surface area contributed by atoms with Gasteiger partial charge in [0, 0.05) is 43.4 Å². The summed E-state index contributed by atoms with van der Waals surface area (Å²) in [5.74, 6) is 0.219. The predicted molar refractivity (Wildman–Crippen MR) is 97.5 cm³/mol. The van der Waals surface area contributed by atoms with Crippen molar-refractivity contribution < 1.29 is 4.39 Å². The lowest BCUT2D eigenvalue weighted by Crippen LogP contribution is -2.28. The Morgan fingerprint density at radius 1 is 1.28 bits per heavy atom. The first-order valence-corrected chi connectivity index (χ1v) is 9.07. The molecule has 1 aliphatic rings. The third-order valence-corrected chi connectivity index (χ3v) is 5.00. The van der Waals surface area contributed by atoms with E-state index in [0.29, 0.717) is 5.92 Å². The van der Waals surface area contributed by atoms with Gasteiger partial charge in [-0.15, -0.1) is 0 Å². The van der Waals surface area contributed by atoms with E-state index in [4.69, 9.17) is 0 Å². The monoisotopic (exact) mass is 345 g/mol. The number of aryl methyl sites for hydroxylation is 2. The molecule has 2 atom stereocenters. The van der Waals surface area contributed by atoms with Gasteiger partial charge >= 0.3 is 0 Å². The van der Waals surface area contributed by atoms with Crippen LogP contribution >= 0.6 is 0 Å². The molecule has 1 aromatic carbocycles. The van der Waals surface area contributed by atoms with Gasteiger partial charge in [0.1, 0.15) is 5.82 Å². The van der Waals surface area contributed by atoms with Crippen molar-refractivity contribution in [3.8, 4) is 0 Å². The van der Waals surface area contributed by atoms with Crippen molar-refractivity contribution in [3.63, 3.8) is 0 Å². The average molecular weight is 345 g/mol. The van der Waals surface area contributed by atoms with E-state index in [2.05, 4.69) is 46.7 Å². The van der Waals surface area contributed by atoms with E-state index in [0.717, 1.165) is 43.9 Å². The Balaban J connectivity index is 1.59. The molecule has 2 heterocycles. The van der Waals surface area contributed by atoms with Crippen LogP contribution < -0.4 is 16.2 Å². The second kappa shape index (κ2) is 8.08. The van der Waals surface area contributed by atoms with Gasteiger partial charge in [-0.1, -0.05) is 19.1 Å². The molecule has 3 rings (SSSR count). The van der Waals surface area contributed by atoms with Crippen LogP contribution in [0.5, 0.6) is 0 Å². The highest BCUT2D eigenvalue weighted by Crippen LogP contribution is 2.24. The zero-order valence-corrected chi connectivity index (χ0v) is 15.3. The van der Waals surface area contributed by atoms with Crippen LogP contribution in [-0.2, 0) is 13.1 Å². The summed E-state index contributed by atoms with van der Waals surface area (Å²) < 4.78 is 15.2. The number of nitrogens with one attached hydrogen (secondary N) is 3. The molecule has 0 amide bonds. The lowest BCUT2D eigenvalue weighted by molar-refractivity contribution is 0.440. The summed E-state index contributed by atoms with van der Waals surface area (Å²) in [5.41, 5.74) is 11.3. The number of rotatable bonds is 7. The molecule has 25 heavy (non-hydrogen) atoms. The molecule has 3 N–H and O–H groups in total. The van der Waals surface area contributed by atoms with Gasteiger partial charge in [0.25, 0.3) is 0 Å². The fraction of sp³-hybridized carbons (Fsp3) is 0.526. The Bertz CT molecular complexity index is 695. The summed E-state index contributed by atoms with van der Waals surface area (Å²) in [7, 11) is 0. The van der Waals surface area contributed by atoms with Crippen molar-refractivity contribution in [2.24, 2.45) is 5.92 Å². The average Bonchev–Trinajstić information content (AvgIpc) is 3.16. The Labute approximate surface area is 149 Å². The molecule has 1 aromatic heterocycles. The SMILES string of the molecule is CCCn1nc(C)c(CNCC2CNNC2c2ccc(F)cc2)c1C. The van der Waals surface area contributed by atoms with Gasteiger partial charge < -0.3 is 5.32 Å². The van der Waals surface area contributed by atoms with Crippen molar-refractivity contribution in [2.75, 3.05) is 13.1 Å². The maximum absolute atomic E-state index is 13.1. The molecule has 0 aliphatic carbocycles. The summed E-state index contributed by atoms with van der Waals surface area (Å²) in [6.45, 7) is 9.97. The number of nitrogens with zero attached hydrogens (tertiary/aromatic N) is 2. The lowest BCUT2D eigenvalue weighted by Gasteiger charge is -2.19. The summed E-state index contributed by atoms with van der Waals surface area (Å²) in [6, 6.07) is 6.95. The number of halogens is 1. The number of aromatic nitrogens is 2. The van der Waals surface area contributed by atoms with Gasteiger partial charge in [0.2, 0.25) is 0 Å². The third kappa shape index (κ3) is 4.08. The largest absolute Gasteiger partial charge is 0.312 e. The minimum atomic E-state index is -0.195. The second-order valence-electron chi connectivity index (χ2n) is 6.82. The number of hydrogen-bond donors (Lipinski definition) is 3. The van der Waals surface area contributed by atoms with Crippen LogP contribution in [0.2, 0.25) is 0 Å². The molecule has 1 saturated heterocycles. The van der Waals surface area contributed by atoms with Gasteiger partial charge in [-0.25, -0.2) is 9.82 Å². The first-order chi connectivity index (χ1) is 12.1. The van der Waals surface area contributed by atoms with Crippen molar-refractivity contribution in [1.29, 1.82) is 0 Å². The molecule has 0 radical (unpaired) electrons. The molecular formula is C19H28FN5. The fourth-order valence-corrected chi connectivity index (χ4v) is 3.55. The van der Waals surface area contributed by atoms with E-state index in [-0.39, 0.29) is 11.9 Å². The Morgan fingerprint density at radius 3 is 2.76 bits per heavy atom. The molecule has 0 saturated carbocycles. The highest BCUT2D eigenvalue weighted by atomic mass is 19.1. The molecule has 0 bridgehead atoms. The minimum Gasteiger partial charge on any atom is -0.312 e. The molecule has 136 valence electrons. The summed E-state index contributed by atoms with van der Waals surface area (Å²) in [5, 5.41) is 8.22. The summed E-state index contributed by atoms with van der Waals surface area (Å²) in [4.78, 5) is 0. The fourth-order valence-electron chi connectivity index (χ4n) is 3.55. The number of benzene rings is 1. The van der Waals surface area contributed by atoms with E-state index in [1.807, 2.05) is 12.1 Å². The molecular weight excluding hydrogens is 317 g/mol. The molecule has 2 unspecified atom stereocenters. The summed E-state index contributed by atoms with van der Waals surface area (Å²) in [6.07, 6.45) is 1.09. The quantitative estimate of drug-likeness (QED) is 0.722. The van der Waals surface area contributed by atoms with Crippen LogP contribution in [0, 0.1) is 25.6 Å². The van der Waals surface area contributed by atoms with Crippen molar-refractivity contribution in [3.05, 3.63) is 52.6 Å². The maximum atomic E-state index is 13.1. The van der Waals surface area contributed by atoms with Crippen LogP contribution in [-0.4, -0.2) is 22.9 Å². The van der Waals surface area contributed by atoms with Crippen LogP contribution in [0.1, 0.15) is 41.9 Å². The first-order valence-electron chi connectivity index (χ1n) is 9.07. The normalized spacial score (nSPS) is 20.3. The Morgan fingerprint density at radius 2 is 2.04 bits per heavy atom. The Kier molecular flexibility index (Phi) is 5.83. The van der Waals surface area contributed by atoms with Crippen LogP contribution in [0.3, 0.4) is 0 Å². The van der Waals surface area contributed by atoms with Gasteiger partial charge in [0.15, 0.2) is 0 Å². The molecule has 1 fully saturated rings. The van der Waals surface area contributed by atoms with E-state index >= 15 is 0 Å². The van der Waals surface area contributed by atoms with Gasteiger partial charge in [-0.05, 0) is 38.0 Å². The first kappa shape index (κ1) is 18.0. The minimum absolute atomic E-state index is 0.193. The predicted octanol–water partition coefficient (Wildman–Crippen LogP) is 2.60. The van der Waals surface area contributed by atoms with Crippen LogP contribution in [0.4, 0.5) is 4.39 Å². The number of hydrogen-bond acceptors (Lipinski definition) is 4. The smallest absolute Gasteiger partial charge is 0.123 e. The molecule has 0 spiro atoms. The second-order valence-corrected chi connectivity index (χ2v) is 6.82. The highest BCUT2D eigenvalue weighted by molar-refractivity contribution is 5.25. The zero-order chi connectivity index (χ0) is 17.8. The van der Waals surface area contributed by atoms with Crippen molar-refractivity contribution >= 4 is 0 Å². The molecule has 5 nitrogen and oxygen atoms in total. The van der Waals surface area contributed by atoms with Crippen molar-refractivity contribution in [1.82, 2.24) is 25.9 Å². The zero-order valence-electron chi connectivity index (χ0n) is 15.3. The third-order valence-electron chi connectivity index (χ3n) is 5.00. The topological polar surface area (TPSA) is 53.9 Å². The highest BCUT2D eigenvalue weighted by Gasteiger charge is 2.27. The van der Waals surface area contributed by atoms with Crippen molar-refractivity contribution in [2.45, 2.75) is 46.3 Å². The lowest BCUT2D eigenvalue weighted by atomic mass is 9.95. The van der Waals surface area contributed by atoms with E-state index < -0.39 is 0 Å².